The number of rotatable bonds is 7. The number of hydrogen-bond donors (Lipinski definition) is 1. The molecule has 0 bridgehead atoms. The minimum Gasteiger partial charge on any atom is -0.494 e. The summed E-state index contributed by atoms with van der Waals surface area (Å²) >= 11 is 0. The standard InChI is InChI=1S/C16H26N2O2/c1-6-20-15-9-7-14(8-10-15)11-18(5)13(4)16(19)17-12(2)3/h7-10,12-13H,6,11H2,1-5H3,(H,17,19)/t13-/m0/s1. The minimum absolute atomic E-state index is 0.0634. The summed E-state index contributed by atoms with van der Waals surface area (Å²) < 4.78 is 5.42. The SMILES string of the molecule is CCOc1ccc(CN(C)[C@@H](C)C(=O)NC(C)C)cc1. The third kappa shape index (κ3) is 5.21. The molecule has 4 heteroatoms. The number of likely N-dealkylation sites (N-methyl/N-ethyl adjacent to an activating group) is 1. The molecule has 20 heavy (non-hydrogen) atoms. The predicted octanol–water partition coefficient (Wildman–Crippen LogP) is 2.43. The van der Waals surface area contributed by atoms with Gasteiger partial charge in [0.1, 0.15) is 5.75 Å². The van der Waals surface area contributed by atoms with Gasteiger partial charge in [-0.1, -0.05) is 12.1 Å². The van der Waals surface area contributed by atoms with Crippen molar-refractivity contribution >= 4 is 5.91 Å². The molecule has 0 saturated carbocycles. The van der Waals surface area contributed by atoms with E-state index in [2.05, 4.69) is 5.32 Å². The third-order valence-corrected chi connectivity index (χ3v) is 3.14. The molecule has 0 fully saturated rings. The van der Waals surface area contributed by atoms with E-state index in [1.54, 1.807) is 0 Å². The topological polar surface area (TPSA) is 41.6 Å². The second-order valence-electron chi connectivity index (χ2n) is 5.33. The van der Waals surface area contributed by atoms with Gasteiger partial charge in [0.15, 0.2) is 0 Å². The number of ether oxygens (including phenoxy) is 1. The lowest BCUT2D eigenvalue weighted by molar-refractivity contribution is -0.126. The highest BCUT2D eigenvalue weighted by atomic mass is 16.5. The van der Waals surface area contributed by atoms with Crippen LogP contribution in [0, 0.1) is 0 Å². The van der Waals surface area contributed by atoms with Gasteiger partial charge in [0, 0.05) is 12.6 Å². The van der Waals surface area contributed by atoms with Gasteiger partial charge in [-0.3, -0.25) is 9.69 Å². The van der Waals surface area contributed by atoms with Crippen LogP contribution in [0.1, 0.15) is 33.3 Å². The molecule has 1 amide bonds. The largest absolute Gasteiger partial charge is 0.494 e. The Morgan fingerprint density at radius 3 is 2.35 bits per heavy atom. The highest BCUT2D eigenvalue weighted by Gasteiger charge is 2.18. The van der Waals surface area contributed by atoms with Crippen LogP contribution in [0.5, 0.6) is 5.75 Å². The first-order valence-electron chi connectivity index (χ1n) is 7.16. The molecule has 4 nitrogen and oxygen atoms in total. The van der Waals surface area contributed by atoms with E-state index in [1.807, 2.05) is 63.9 Å². The van der Waals surface area contributed by atoms with Crippen molar-refractivity contribution in [3.8, 4) is 5.75 Å². The van der Waals surface area contributed by atoms with Crippen molar-refractivity contribution < 1.29 is 9.53 Å². The van der Waals surface area contributed by atoms with Crippen molar-refractivity contribution in [1.29, 1.82) is 0 Å². The summed E-state index contributed by atoms with van der Waals surface area (Å²) in [6.45, 7) is 9.24. The number of amides is 1. The van der Waals surface area contributed by atoms with Gasteiger partial charge >= 0.3 is 0 Å². The normalized spacial score (nSPS) is 12.6. The molecular formula is C16H26N2O2. The first-order chi connectivity index (χ1) is 9.43. The van der Waals surface area contributed by atoms with Crippen molar-refractivity contribution in [2.75, 3.05) is 13.7 Å². The van der Waals surface area contributed by atoms with Crippen LogP contribution in [-0.4, -0.2) is 36.5 Å². The summed E-state index contributed by atoms with van der Waals surface area (Å²) in [7, 11) is 1.96. The Kier molecular flexibility index (Phi) is 6.52. The van der Waals surface area contributed by atoms with Gasteiger partial charge in [0.2, 0.25) is 5.91 Å². The summed E-state index contributed by atoms with van der Waals surface area (Å²) in [5, 5.41) is 2.93. The van der Waals surface area contributed by atoms with Crippen molar-refractivity contribution in [1.82, 2.24) is 10.2 Å². The molecule has 1 aromatic carbocycles. The van der Waals surface area contributed by atoms with E-state index in [1.165, 1.54) is 5.56 Å². The highest BCUT2D eigenvalue weighted by molar-refractivity contribution is 5.81. The molecule has 0 spiro atoms. The first kappa shape index (κ1) is 16.5. The van der Waals surface area contributed by atoms with E-state index < -0.39 is 0 Å². The Bertz CT molecular complexity index is 415. The summed E-state index contributed by atoms with van der Waals surface area (Å²) in [5.74, 6) is 0.943. The lowest BCUT2D eigenvalue weighted by Gasteiger charge is -2.25. The molecule has 1 atom stereocenters. The van der Waals surface area contributed by atoms with Gasteiger partial charge in [0.05, 0.1) is 12.6 Å². The molecule has 112 valence electrons. The lowest BCUT2D eigenvalue weighted by Crippen LogP contribution is -2.45. The fourth-order valence-corrected chi connectivity index (χ4v) is 1.89. The molecule has 0 aliphatic carbocycles. The smallest absolute Gasteiger partial charge is 0.237 e. The molecule has 0 saturated heterocycles. The zero-order chi connectivity index (χ0) is 15.1. The molecule has 1 rings (SSSR count). The highest BCUT2D eigenvalue weighted by Crippen LogP contribution is 2.14. The number of nitrogens with one attached hydrogen (secondary N) is 1. The Morgan fingerprint density at radius 2 is 1.85 bits per heavy atom. The van der Waals surface area contributed by atoms with Gasteiger partial charge in [-0.15, -0.1) is 0 Å². The summed E-state index contributed by atoms with van der Waals surface area (Å²) in [4.78, 5) is 14.0. The van der Waals surface area contributed by atoms with E-state index in [9.17, 15) is 4.79 Å². The van der Waals surface area contributed by atoms with Crippen LogP contribution in [0.15, 0.2) is 24.3 Å². The van der Waals surface area contributed by atoms with Crippen molar-refractivity contribution in [3.05, 3.63) is 29.8 Å². The van der Waals surface area contributed by atoms with E-state index in [0.717, 1.165) is 12.3 Å². The van der Waals surface area contributed by atoms with Crippen molar-refractivity contribution in [2.45, 2.75) is 46.3 Å². The average molecular weight is 278 g/mol. The van der Waals surface area contributed by atoms with Crippen molar-refractivity contribution in [3.63, 3.8) is 0 Å². The van der Waals surface area contributed by atoms with Crippen LogP contribution < -0.4 is 10.1 Å². The third-order valence-electron chi connectivity index (χ3n) is 3.14. The maximum atomic E-state index is 12.0. The Labute approximate surface area is 122 Å². The molecule has 0 heterocycles. The van der Waals surface area contributed by atoms with Crippen LogP contribution in [0.25, 0.3) is 0 Å². The fourth-order valence-electron chi connectivity index (χ4n) is 1.89. The molecule has 0 radical (unpaired) electrons. The summed E-state index contributed by atoms with van der Waals surface area (Å²) in [6.07, 6.45) is 0. The second kappa shape index (κ2) is 7.90. The van der Waals surface area contributed by atoms with Gasteiger partial charge in [0.25, 0.3) is 0 Å². The number of hydrogen-bond acceptors (Lipinski definition) is 3. The lowest BCUT2D eigenvalue weighted by atomic mass is 10.1. The van der Waals surface area contributed by atoms with E-state index in [0.29, 0.717) is 6.61 Å². The number of nitrogens with zero attached hydrogens (tertiary/aromatic N) is 1. The monoisotopic (exact) mass is 278 g/mol. The Morgan fingerprint density at radius 1 is 1.25 bits per heavy atom. The van der Waals surface area contributed by atoms with Crippen LogP contribution >= 0.6 is 0 Å². The molecule has 1 aromatic rings. The van der Waals surface area contributed by atoms with Crippen molar-refractivity contribution in [2.24, 2.45) is 0 Å². The fraction of sp³-hybridized carbons (Fsp3) is 0.562. The zero-order valence-electron chi connectivity index (χ0n) is 13.1. The molecule has 0 aliphatic rings. The molecule has 0 aromatic heterocycles. The van der Waals surface area contributed by atoms with Gasteiger partial charge in [-0.25, -0.2) is 0 Å². The maximum absolute atomic E-state index is 12.0. The molecule has 0 aliphatic heterocycles. The van der Waals surface area contributed by atoms with E-state index in [4.69, 9.17) is 4.74 Å². The van der Waals surface area contributed by atoms with Gasteiger partial charge < -0.3 is 10.1 Å². The molecule has 0 unspecified atom stereocenters. The van der Waals surface area contributed by atoms with Gasteiger partial charge in [-0.05, 0) is 52.4 Å². The van der Waals surface area contributed by atoms with E-state index in [-0.39, 0.29) is 18.0 Å². The van der Waals surface area contributed by atoms with Crippen LogP contribution in [-0.2, 0) is 11.3 Å². The van der Waals surface area contributed by atoms with Crippen LogP contribution in [0.3, 0.4) is 0 Å². The molecular weight excluding hydrogens is 252 g/mol. The Hall–Kier alpha value is -1.55. The maximum Gasteiger partial charge on any atom is 0.237 e. The van der Waals surface area contributed by atoms with Gasteiger partial charge in [-0.2, -0.15) is 0 Å². The summed E-state index contributed by atoms with van der Waals surface area (Å²) in [5.41, 5.74) is 1.17. The Balaban J connectivity index is 2.56. The number of benzene rings is 1. The number of carbonyl (C=O) groups is 1. The predicted molar refractivity (Wildman–Crippen MR) is 81.8 cm³/mol. The first-order valence-corrected chi connectivity index (χ1v) is 7.16. The van der Waals surface area contributed by atoms with Crippen LogP contribution in [0.2, 0.25) is 0 Å². The quantitative estimate of drug-likeness (QED) is 0.833. The van der Waals surface area contributed by atoms with E-state index >= 15 is 0 Å². The number of carbonyl (C=O) groups excluding carboxylic acids is 1. The molecule has 1 N–H and O–H groups in total. The zero-order valence-corrected chi connectivity index (χ0v) is 13.1. The summed E-state index contributed by atoms with van der Waals surface area (Å²) in [6, 6.07) is 8.02. The second-order valence-corrected chi connectivity index (χ2v) is 5.33. The van der Waals surface area contributed by atoms with Crippen LogP contribution in [0.4, 0.5) is 0 Å². The minimum atomic E-state index is -0.149. The average Bonchev–Trinajstić information content (AvgIpc) is 2.39.